The lowest BCUT2D eigenvalue weighted by atomic mass is 9.90. The summed E-state index contributed by atoms with van der Waals surface area (Å²) >= 11 is 0. The van der Waals surface area contributed by atoms with Gasteiger partial charge in [0, 0.05) is 45.5 Å². The average Bonchev–Trinajstić information content (AvgIpc) is 3.13. The fourth-order valence-corrected chi connectivity index (χ4v) is 4.66. The number of aromatic nitrogens is 3. The second-order valence-electron chi connectivity index (χ2n) is 8.60. The van der Waals surface area contributed by atoms with Gasteiger partial charge < -0.3 is 20.3 Å². The lowest BCUT2D eigenvalue weighted by Gasteiger charge is -2.35. The van der Waals surface area contributed by atoms with Gasteiger partial charge >= 0.3 is 0 Å². The monoisotopic (exact) mass is 406 g/mol. The Hall–Kier alpha value is -2.64. The number of pyridine rings is 1. The smallest absolute Gasteiger partial charge is 0.159 e. The number of benzene rings is 1. The number of piperazine rings is 1. The lowest BCUT2D eigenvalue weighted by molar-refractivity contribution is 0.246. The lowest BCUT2D eigenvalue weighted by Crippen LogP contribution is -2.50. The Morgan fingerprint density at radius 2 is 2.13 bits per heavy atom. The molecule has 7 heteroatoms. The molecule has 0 spiro atoms. The third kappa shape index (κ3) is 3.63. The summed E-state index contributed by atoms with van der Waals surface area (Å²) in [4.78, 5) is 7.13. The molecule has 2 aromatic heterocycles. The van der Waals surface area contributed by atoms with Gasteiger partial charge in [0.1, 0.15) is 12.4 Å². The summed E-state index contributed by atoms with van der Waals surface area (Å²) in [6.45, 7) is 9.91. The number of rotatable bonds is 4. The summed E-state index contributed by atoms with van der Waals surface area (Å²) in [5.74, 6) is 1.39. The van der Waals surface area contributed by atoms with E-state index in [9.17, 15) is 0 Å². The Morgan fingerprint density at radius 1 is 1.23 bits per heavy atom. The molecular weight excluding hydrogens is 376 g/mol. The molecule has 5 rings (SSSR count). The fraction of sp³-hybridized carbons (Fsp3) is 0.478. The van der Waals surface area contributed by atoms with Crippen molar-refractivity contribution in [2.45, 2.75) is 32.4 Å². The number of anilines is 1. The van der Waals surface area contributed by atoms with Crippen LogP contribution in [-0.4, -0.2) is 53.6 Å². The largest absolute Gasteiger partial charge is 0.492 e. The zero-order chi connectivity index (χ0) is 20.7. The summed E-state index contributed by atoms with van der Waals surface area (Å²) in [6.07, 6.45) is 1.93. The summed E-state index contributed by atoms with van der Waals surface area (Å²) in [7, 11) is 1.95. The molecule has 0 unspecified atom stereocenters. The SMILES string of the molecule is Cc1cc(N2Cc3ccc(OC[C@H]4CNCCN4)cc3[C@@H](C)C2)c2cnn(C)c2n1. The van der Waals surface area contributed by atoms with Crippen LogP contribution in [0.5, 0.6) is 5.75 Å². The molecule has 2 N–H and O–H groups in total. The highest BCUT2D eigenvalue weighted by molar-refractivity contribution is 5.89. The second-order valence-corrected chi connectivity index (χ2v) is 8.60. The molecule has 2 aliphatic heterocycles. The number of fused-ring (bicyclic) bond motifs is 2. The first kappa shape index (κ1) is 19.3. The van der Waals surface area contributed by atoms with Gasteiger partial charge in [0.2, 0.25) is 0 Å². The van der Waals surface area contributed by atoms with Gasteiger partial charge in [0.05, 0.1) is 23.3 Å². The van der Waals surface area contributed by atoms with Crippen LogP contribution in [0.25, 0.3) is 11.0 Å². The molecule has 1 saturated heterocycles. The molecule has 30 heavy (non-hydrogen) atoms. The van der Waals surface area contributed by atoms with E-state index in [0.29, 0.717) is 18.6 Å². The number of aryl methyl sites for hydroxylation is 2. The van der Waals surface area contributed by atoms with E-state index in [1.165, 1.54) is 16.8 Å². The first-order chi connectivity index (χ1) is 14.6. The Kier molecular flexibility index (Phi) is 5.08. The van der Waals surface area contributed by atoms with Crippen molar-refractivity contribution >= 4 is 16.7 Å². The normalized spacial score (nSPS) is 21.6. The molecule has 3 aromatic rings. The predicted molar refractivity (Wildman–Crippen MR) is 119 cm³/mol. The van der Waals surface area contributed by atoms with E-state index in [1.54, 1.807) is 0 Å². The van der Waals surface area contributed by atoms with Crippen LogP contribution in [0.4, 0.5) is 5.69 Å². The van der Waals surface area contributed by atoms with E-state index in [-0.39, 0.29) is 0 Å². The van der Waals surface area contributed by atoms with E-state index in [4.69, 9.17) is 4.74 Å². The van der Waals surface area contributed by atoms with Gasteiger partial charge in [-0.2, -0.15) is 5.10 Å². The minimum Gasteiger partial charge on any atom is -0.492 e. The van der Waals surface area contributed by atoms with Crippen molar-refractivity contribution in [3.05, 3.63) is 47.3 Å². The van der Waals surface area contributed by atoms with Gasteiger partial charge in [0.25, 0.3) is 0 Å². The van der Waals surface area contributed by atoms with Crippen LogP contribution in [0.2, 0.25) is 0 Å². The molecule has 0 radical (unpaired) electrons. The fourth-order valence-electron chi connectivity index (χ4n) is 4.66. The second kappa shape index (κ2) is 7.89. The third-order valence-corrected chi connectivity index (χ3v) is 6.23. The van der Waals surface area contributed by atoms with E-state index in [2.05, 4.69) is 63.7 Å². The highest BCUT2D eigenvalue weighted by Crippen LogP contribution is 2.36. The number of nitrogens with zero attached hydrogens (tertiary/aromatic N) is 4. The number of hydrogen-bond donors (Lipinski definition) is 2. The van der Waals surface area contributed by atoms with Crippen LogP contribution in [0, 0.1) is 6.92 Å². The predicted octanol–water partition coefficient (Wildman–Crippen LogP) is 2.34. The molecule has 0 aliphatic carbocycles. The van der Waals surface area contributed by atoms with Crippen molar-refractivity contribution in [2.75, 3.05) is 37.7 Å². The molecule has 2 atom stereocenters. The van der Waals surface area contributed by atoms with Crippen molar-refractivity contribution in [2.24, 2.45) is 7.05 Å². The minimum atomic E-state index is 0.375. The van der Waals surface area contributed by atoms with Crippen molar-refractivity contribution < 1.29 is 4.74 Å². The average molecular weight is 407 g/mol. The van der Waals surface area contributed by atoms with E-state index in [0.717, 1.165) is 55.2 Å². The Morgan fingerprint density at radius 3 is 2.97 bits per heavy atom. The first-order valence-corrected chi connectivity index (χ1v) is 10.8. The maximum Gasteiger partial charge on any atom is 0.159 e. The summed E-state index contributed by atoms with van der Waals surface area (Å²) in [6, 6.07) is 9.14. The Labute approximate surface area is 177 Å². The van der Waals surface area contributed by atoms with Crippen LogP contribution in [0.15, 0.2) is 30.5 Å². The van der Waals surface area contributed by atoms with Crippen LogP contribution < -0.4 is 20.3 Å². The summed E-state index contributed by atoms with van der Waals surface area (Å²) < 4.78 is 7.97. The van der Waals surface area contributed by atoms with Gasteiger partial charge in [-0.1, -0.05) is 13.0 Å². The highest BCUT2D eigenvalue weighted by Gasteiger charge is 2.25. The molecule has 0 saturated carbocycles. The van der Waals surface area contributed by atoms with Gasteiger partial charge in [0.15, 0.2) is 5.65 Å². The van der Waals surface area contributed by atoms with Crippen LogP contribution in [-0.2, 0) is 13.6 Å². The number of nitrogens with one attached hydrogen (secondary N) is 2. The van der Waals surface area contributed by atoms with Crippen molar-refractivity contribution in [1.29, 1.82) is 0 Å². The van der Waals surface area contributed by atoms with E-state index < -0.39 is 0 Å². The summed E-state index contributed by atoms with van der Waals surface area (Å²) in [5.41, 5.74) is 5.95. The standard InChI is InChI=1S/C23H30N6O/c1-15-12-29(22-8-16(2)27-23-21(22)11-26-28(23)3)13-17-4-5-19(9-20(15)17)30-14-18-10-24-6-7-25-18/h4-5,8-9,11,15,18,24-25H,6-7,10,12-14H2,1-3H3/t15-,18+/m0/s1. The van der Waals surface area contributed by atoms with Gasteiger partial charge in [-0.05, 0) is 42.2 Å². The van der Waals surface area contributed by atoms with Crippen LogP contribution in [0.1, 0.15) is 29.7 Å². The molecule has 1 aromatic carbocycles. The molecule has 0 bridgehead atoms. The van der Waals surface area contributed by atoms with Crippen LogP contribution in [0.3, 0.4) is 0 Å². The zero-order valence-corrected chi connectivity index (χ0v) is 18.0. The Bertz CT molecular complexity index is 1060. The van der Waals surface area contributed by atoms with E-state index >= 15 is 0 Å². The third-order valence-electron chi connectivity index (χ3n) is 6.23. The topological polar surface area (TPSA) is 67.2 Å². The number of ether oxygens (including phenoxy) is 1. The molecule has 1 fully saturated rings. The molecule has 0 amide bonds. The van der Waals surface area contributed by atoms with Crippen molar-refractivity contribution in [3.8, 4) is 5.75 Å². The minimum absolute atomic E-state index is 0.375. The van der Waals surface area contributed by atoms with Crippen molar-refractivity contribution in [3.63, 3.8) is 0 Å². The highest BCUT2D eigenvalue weighted by atomic mass is 16.5. The molecule has 2 aliphatic rings. The summed E-state index contributed by atoms with van der Waals surface area (Å²) in [5, 5.41) is 12.5. The number of hydrogen-bond acceptors (Lipinski definition) is 6. The maximum absolute atomic E-state index is 6.11. The maximum atomic E-state index is 6.11. The molecule has 7 nitrogen and oxygen atoms in total. The first-order valence-electron chi connectivity index (χ1n) is 10.8. The molecular formula is C23H30N6O. The van der Waals surface area contributed by atoms with Crippen molar-refractivity contribution in [1.82, 2.24) is 25.4 Å². The van der Waals surface area contributed by atoms with Gasteiger partial charge in [-0.15, -0.1) is 0 Å². The van der Waals surface area contributed by atoms with Crippen LogP contribution >= 0.6 is 0 Å². The zero-order valence-electron chi connectivity index (χ0n) is 18.0. The van der Waals surface area contributed by atoms with E-state index in [1.807, 2.05) is 17.9 Å². The molecule has 4 heterocycles. The Balaban J connectivity index is 1.37. The quantitative estimate of drug-likeness (QED) is 0.693. The van der Waals surface area contributed by atoms with Gasteiger partial charge in [-0.25, -0.2) is 4.98 Å². The van der Waals surface area contributed by atoms with Gasteiger partial charge in [-0.3, -0.25) is 4.68 Å². The molecule has 158 valence electrons.